The molecule has 0 amide bonds. The van der Waals surface area contributed by atoms with E-state index in [0.717, 1.165) is 31.4 Å². The highest BCUT2D eigenvalue weighted by Crippen LogP contribution is 2.28. The van der Waals surface area contributed by atoms with E-state index >= 15 is 0 Å². The Morgan fingerprint density at radius 1 is 1.20 bits per heavy atom. The van der Waals surface area contributed by atoms with E-state index in [1.807, 2.05) is 25.2 Å². The van der Waals surface area contributed by atoms with Crippen molar-refractivity contribution in [3.63, 3.8) is 0 Å². The molecular weight excluding hydrogens is 249 g/mol. The minimum atomic E-state index is -0.422. The fourth-order valence-corrected chi connectivity index (χ4v) is 1.78. The van der Waals surface area contributed by atoms with Crippen LogP contribution in [0.5, 0.6) is 0 Å². The van der Waals surface area contributed by atoms with E-state index in [9.17, 15) is 4.39 Å². The molecular formula is C18H30FN. The zero-order valence-electron chi connectivity index (χ0n) is 13.5. The molecule has 0 aromatic heterocycles. The highest BCUT2D eigenvalue weighted by molar-refractivity contribution is 5.35. The maximum atomic E-state index is 12.4. The lowest BCUT2D eigenvalue weighted by molar-refractivity contribution is 0.513. The number of rotatable bonds is 8. The largest absolute Gasteiger partial charge is 0.330 e. The van der Waals surface area contributed by atoms with Crippen LogP contribution in [0, 0.1) is 5.41 Å². The van der Waals surface area contributed by atoms with Gasteiger partial charge in [-0.3, -0.25) is 0 Å². The minimum absolute atomic E-state index is 0.00849. The summed E-state index contributed by atoms with van der Waals surface area (Å²) < 4.78 is 12.4. The van der Waals surface area contributed by atoms with Crippen LogP contribution in [-0.4, -0.2) is 13.2 Å². The summed E-state index contributed by atoms with van der Waals surface area (Å²) in [6.07, 6.45) is 15.0. The first-order valence-electron chi connectivity index (χ1n) is 7.42. The Morgan fingerprint density at radius 3 is 2.40 bits per heavy atom. The van der Waals surface area contributed by atoms with Crippen LogP contribution < -0.4 is 5.73 Å². The van der Waals surface area contributed by atoms with Crippen molar-refractivity contribution < 1.29 is 4.39 Å². The van der Waals surface area contributed by atoms with Gasteiger partial charge in [0.1, 0.15) is 6.67 Å². The summed E-state index contributed by atoms with van der Waals surface area (Å²) in [6, 6.07) is 0. The highest BCUT2D eigenvalue weighted by Gasteiger charge is 2.14. The Bertz CT molecular complexity index is 367. The standard InChI is InChI=1S/C18H30FN/c1-5-6-10-16(11-7-8-14-20)15-17(12-9-13-19)18(2,3)4/h5-6,9-10,12,15H,7-8,11,13-14,20H2,1-4H3/b6-5-,12-9+,16-10-,17-15+. The maximum absolute atomic E-state index is 12.4. The Hall–Kier alpha value is -1.15. The molecule has 0 aliphatic heterocycles. The normalized spacial score (nSPS) is 14.7. The molecule has 0 aliphatic carbocycles. The number of hydrogen-bond donors (Lipinski definition) is 1. The van der Waals surface area contributed by atoms with Gasteiger partial charge in [-0.15, -0.1) is 0 Å². The van der Waals surface area contributed by atoms with Crippen molar-refractivity contribution in [2.45, 2.75) is 47.0 Å². The van der Waals surface area contributed by atoms with Gasteiger partial charge in [0.25, 0.3) is 0 Å². The Morgan fingerprint density at radius 2 is 1.90 bits per heavy atom. The molecule has 0 heterocycles. The summed E-state index contributed by atoms with van der Waals surface area (Å²) in [6.45, 7) is 8.76. The van der Waals surface area contributed by atoms with Crippen molar-refractivity contribution in [2.24, 2.45) is 11.1 Å². The molecule has 20 heavy (non-hydrogen) atoms. The summed E-state index contributed by atoms with van der Waals surface area (Å²) in [4.78, 5) is 0. The Labute approximate surface area is 124 Å². The molecule has 0 aromatic carbocycles. The number of hydrogen-bond acceptors (Lipinski definition) is 1. The summed E-state index contributed by atoms with van der Waals surface area (Å²) in [5, 5.41) is 0. The van der Waals surface area contributed by atoms with Crippen molar-refractivity contribution in [1.29, 1.82) is 0 Å². The Balaban J connectivity index is 5.19. The van der Waals surface area contributed by atoms with E-state index in [0.29, 0.717) is 0 Å². The van der Waals surface area contributed by atoms with Crippen molar-refractivity contribution >= 4 is 0 Å². The second-order valence-electron chi connectivity index (χ2n) is 5.92. The molecule has 2 heteroatoms. The van der Waals surface area contributed by atoms with Gasteiger partial charge in [0.05, 0.1) is 0 Å². The third-order valence-electron chi connectivity index (χ3n) is 3.02. The molecule has 114 valence electrons. The van der Waals surface area contributed by atoms with Crippen LogP contribution >= 0.6 is 0 Å². The molecule has 0 aromatic rings. The van der Waals surface area contributed by atoms with Crippen LogP contribution in [-0.2, 0) is 0 Å². The number of alkyl halides is 1. The maximum Gasteiger partial charge on any atom is 0.108 e. The fourth-order valence-electron chi connectivity index (χ4n) is 1.78. The number of halogens is 1. The van der Waals surface area contributed by atoms with Gasteiger partial charge in [-0.05, 0) is 49.3 Å². The average Bonchev–Trinajstić information content (AvgIpc) is 2.38. The topological polar surface area (TPSA) is 26.0 Å². The van der Waals surface area contributed by atoms with Gasteiger partial charge in [0.15, 0.2) is 0 Å². The molecule has 0 atom stereocenters. The first-order valence-corrected chi connectivity index (χ1v) is 7.42. The van der Waals surface area contributed by atoms with Crippen molar-refractivity contribution in [3.8, 4) is 0 Å². The van der Waals surface area contributed by atoms with Crippen LogP contribution in [0.2, 0.25) is 0 Å². The van der Waals surface area contributed by atoms with Gasteiger partial charge < -0.3 is 5.73 Å². The van der Waals surface area contributed by atoms with Gasteiger partial charge in [-0.25, -0.2) is 4.39 Å². The highest BCUT2D eigenvalue weighted by atomic mass is 19.1. The van der Waals surface area contributed by atoms with E-state index in [2.05, 4.69) is 32.9 Å². The third kappa shape index (κ3) is 8.87. The molecule has 0 bridgehead atoms. The number of unbranched alkanes of at least 4 members (excludes halogenated alkanes) is 1. The quantitative estimate of drug-likeness (QED) is 0.484. The lowest BCUT2D eigenvalue weighted by Crippen LogP contribution is -2.08. The monoisotopic (exact) mass is 279 g/mol. The second-order valence-corrected chi connectivity index (χ2v) is 5.92. The summed E-state index contributed by atoms with van der Waals surface area (Å²) >= 11 is 0. The van der Waals surface area contributed by atoms with Crippen LogP contribution in [0.1, 0.15) is 47.0 Å². The van der Waals surface area contributed by atoms with Crippen LogP contribution in [0.3, 0.4) is 0 Å². The van der Waals surface area contributed by atoms with Crippen molar-refractivity contribution in [2.75, 3.05) is 13.2 Å². The molecule has 0 aliphatic rings. The third-order valence-corrected chi connectivity index (χ3v) is 3.02. The van der Waals surface area contributed by atoms with E-state index in [4.69, 9.17) is 5.73 Å². The first-order chi connectivity index (χ1) is 9.45. The van der Waals surface area contributed by atoms with Gasteiger partial charge in [-0.2, -0.15) is 0 Å². The predicted octanol–water partition coefficient (Wildman–Crippen LogP) is 5.12. The summed E-state index contributed by atoms with van der Waals surface area (Å²) in [7, 11) is 0. The molecule has 1 nitrogen and oxygen atoms in total. The lowest BCUT2D eigenvalue weighted by Gasteiger charge is -2.21. The van der Waals surface area contributed by atoms with E-state index < -0.39 is 6.67 Å². The van der Waals surface area contributed by atoms with Gasteiger partial charge in [0.2, 0.25) is 0 Å². The Kier molecular flexibility index (Phi) is 10.0. The number of allylic oxidation sites excluding steroid dienone is 8. The van der Waals surface area contributed by atoms with Gasteiger partial charge in [-0.1, -0.05) is 57.2 Å². The zero-order chi connectivity index (χ0) is 15.4. The lowest BCUT2D eigenvalue weighted by atomic mass is 9.84. The van der Waals surface area contributed by atoms with Crippen molar-refractivity contribution in [1.82, 2.24) is 0 Å². The van der Waals surface area contributed by atoms with E-state index in [1.165, 1.54) is 5.57 Å². The zero-order valence-corrected chi connectivity index (χ0v) is 13.5. The molecule has 0 rings (SSSR count). The molecule has 0 fully saturated rings. The molecule has 0 saturated carbocycles. The average molecular weight is 279 g/mol. The molecule has 0 unspecified atom stereocenters. The molecule has 2 N–H and O–H groups in total. The minimum Gasteiger partial charge on any atom is -0.330 e. The smallest absolute Gasteiger partial charge is 0.108 e. The van der Waals surface area contributed by atoms with Crippen LogP contribution in [0.4, 0.5) is 4.39 Å². The predicted molar refractivity (Wildman–Crippen MR) is 88.5 cm³/mol. The number of nitrogens with two attached hydrogens (primary N) is 1. The van der Waals surface area contributed by atoms with E-state index in [1.54, 1.807) is 6.08 Å². The van der Waals surface area contributed by atoms with Crippen LogP contribution in [0.25, 0.3) is 0 Å². The first kappa shape index (κ1) is 18.9. The van der Waals surface area contributed by atoms with Crippen molar-refractivity contribution in [3.05, 3.63) is 47.6 Å². The molecule has 0 saturated heterocycles. The summed E-state index contributed by atoms with van der Waals surface area (Å²) in [5.74, 6) is 0. The fraction of sp³-hybridized carbons (Fsp3) is 0.556. The molecule has 0 radical (unpaired) electrons. The van der Waals surface area contributed by atoms with E-state index in [-0.39, 0.29) is 5.41 Å². The summed E-state index contributed by atoms with van der Waals surface area (Å²) in [5.41, 5.74) is 7.98. The molecule has 0 spiro atoms. The second kappa shape index (κ2) is 10.6. The SMILES string of the molecule is C\C=C/C=C(\C=C(/C=C/CF)C(C)(C)C)CCCCN. The van der Waals surface area contributed by atoms with Crippen LogP contribution in [0.15, 0.2) is 47.6 Å². The van der Waals surface area contributed by atoms with Gasteiger partial charge in [0, 0.05) is 0 Å². The van der Waals surface area contributed by atoms with Gasteiger partial charge >= 0.3 is 0 Å².